The summed E-state index contributed by atoms with van der Waals surface area (Å²) in [4.78, 5) is 27.0. The van der Waals surface area contributed by atoms with Gasteiger partial charge in [-0.1, -0.05) is 0 Å². The Morgan fingerprint density at radius 3 is 2.70 bits per heavy atom. The van der Waals surface area contributed by atoms with Gasteiger partial charge in [-0.3, -0.25) is 4.79 Å². The largest absolute Gasteiger partial charge is 0.497 e. The minimum atomic E-state index is -0.334. The Morgan fingerprint density at radius 2 is 2.00 bits per heavy atom. The van der Waals surface area contributed by atoms with E-state index in [1.54, 1.807) is 25.8 Å². The highest BCUT2D eigenvalue weighted by Crippen LogP contribution is 2.39. The van der Waals surface area contributed by atoms with Crippen LogP contribution in [0.5, 0.6) is 5.75 Å². The van der Waals surface area contributed by atoms with Crippen molar-refractivity contribution in [2.75, 3.05) is 24.8 Å². The Balaban J connectivity index is 1.58. The third-order valence-electron chi connectivity index (χ3n) is 4.31. The molecule has 3 rings (SSSR count). The summed E-state index contributed by atoms with van der Waals surface area (Å²) in [6, 6.07) is 7.76. The number of anilines is 1. The summed E-state index contributed by atoms with van der Waals surface area (Å²) < 4.78 is 10.3. The molecule has 1 aliphatic carbocycles. The number of hydrogen-bond donors (Lipinski definition) is 1. The average molecular weight is 406 g/mol. The van der Waals surface area contributed by atoms with Gasteiger partial charge in [0, 0.05) is 21.9 Å². The van der Waals surface area contributed by atoms with Crippen molar-refractivity contribution in [1.82, 2.24) is 0 Å². The molecule has 144 valence electrons. The van der Waals surface area contributed by atoms with Crippen molar-refractivity contribution in [3.05, 3.63) is 40.3 Å². The second-order valence-electron chi connectivity index (χ2n) is 6.10. The van der Waals surface area contributed by atoms with Gasteiger partial charge in [0.05, 0.1) is 19.3 Å². The number of esters is 1. The molecular formula is C20H23NO4S2. The van der Waals surface area contributed by atoms with E-state index in [1.165, 1.54) is 16.2 Å². The molecular weight excluding hydrogens is 382 g/mol. The number of rotatable bonds is 8. The van der Waals surface area contributed by atoms with Gasteiger partial charge >= 0.3 is 5.97 Å². The molecule has 5 nitrogen and oxygen atoms in total. The second kappa shape index (κ2) is 9.28. The summed E-state index contributed by atoms with van der Waals surface area (Å²) in [6.07, 6.45) is 3.28. The SMILES string of the molecule is CCOC(=O)c1c(NC(=O)CCSc2ccc(OC)cc2)sc2c1CCC2. The van der Waals surface area contributed by atoms with Crippen LogP contribution in [-0.4, -0.2) is 31.3 Å². The van der Waals surface area contributed by atoms with Crippen LogP contribution in [0.25, 0.3) is 0 Å². The highest BCUT2D eigenvalue weighted by Gasteiger charge is 2.28. The summed E-state index contributed by atoms with van der Waals surface area (Å²) in [7, 11) is 1.64. The fraction of sp³-hybridized carbons (Fsp3) is 0.400. The minimum Gasteiger partial charge on any atom is -0.497 e. The second-order valence-corrected chi connectivity index (χ2v) is 8.38. The fourth-order valence-corrected chi connectivity index (χ4v) is 5.18. The summed E-state index contributed by atoms with van der Waals surface area (Å²) in [5, 5.41) is 3.57. The molecule has 0 saturated heterocycles. The van der Waals surface area contributed by atoms with E-state index in [9.17, 15) is 9.59 Å². The summed E-state index contributed by atoms with van der Waals surface area (Å²) in [6.45, 7) is 2.12. The average Bonchev–Trinajstić information content (AvgIpc) is 3.23. The first kappa shape index (κ1) is 19.8. The lowest BCUT2D eigenvalue weighted by Gasteiger charge is -2.08. The molecule has 1 heterocycles. The molecule has 1 aromatic carbocycles. The molecule has 1 N–H and O–H groups in total. The maximum absolute atomic E-state index is 12.4. The molecule has 0 spiro atoms. The zero-order valence-corrected chi connectivity index (χ0v) is 17.1. The van der Waals surface area contributed by atoms with E-state index in [-0.39, 0.29) is 11.9 Å². The van der Waals surface area contributed by atoms with Gasteiger partial charge < -0.3 is 14.8 Å². The quantitative estimate of drug-likeness (QED) is 0.516. The molecule has 0 saturated carbocycles. The lowest BCUT2D eigenvalue weighted by Crippen LogP contribution is -2.15. The number of ether oxygens (including phenoxy) is 2. The standard InChI is InChI=1S/C20H23NO4S2/c1-3-25-20(23)18-15-5-4-6-16(15)27-19(18)21-17(22)11-12-26-14-9-7-13(24-2)8-10-14/h7-10H,3-6,11-12H2,1-2H3,(H,21,22). The van der Waals surface area contributed by atoms with E-state index >= 15 is 0 Å². The number of methoxy groups -OCH3 is 1. The first-order valence-corrected chi connectivity index (χ1v) is 10.8. The molecule has 7 heteroatoms. The highest BCUT2D eigenvalue weighted by molar-refractivity contribution is 7.99. The Hall–Kier alpha value is -1.99. The van der Waals surface area contributed by atoms with Gasteiger partial charge in [0.2, 0.25) is 5.91 Å². The zero-order valence-electron chi connectivity index (χ0n) is 15.5. The van der Waals surface area contributed by atoms with Gasteiger partial charge in [0.15, 0.2) is 0 Å². The third-order valence-corrected chi connectivity index (χ3v) is 6.53. The maximum atomic E-state index is 12.4. The van der Waals surface area contributed by atoms with Crippen LogP contribution < -0.4 is 10.1 Å². The van der Waals surface area contributed by atoms with E-state index in [2.05, 4.69) is 5.32 Å². The molecule has 0 radical (unpaired) electrons. The van der Waals surface area contributed by atoms with Crippen LogP contribution >= 0.6 is 23.1 Å². The molecule has 0 fully saturated rings. The number of aryl methyl sites for hydroxylation is 1. The monoisotopic (exact) mass is 405 g/mol. The van der Waals surface area contributed by atoms with E-state index in [0.29, 0.717) is 29.3 Å². The molecule has 0 unspecified atom stereocenters. The maximum Gasteiger partial charge on any atom is 0.341 e. The first-order valence-electron chi connectivity index (χ1n) is 9.00. The number of amides is 1. The Kier molecular flexibility index (Phi) is 6.79. The minimum absolute atomic E-state index is 0.0820. The number of thiophene rings is 1. The van der Waals surface area contributed by atoms with Crippen LogP contribution in [0.2, 0.25) is 0 Å². The van der Waals surface area contributed by atoms with E-state index in [0.717, 1.165) is 35.5 Å². The molecule has 1 aromatic heterocycles. The van der Waals surface area contributed by atoms with Crippen molar-refractivity contribution < 1.29 is 19.1 Å². The first-order chi connectivity index (χ1) is 13.1. The molecule has 0 bridgehead atoms. The summed E-state index contributed by atoms with van der Waals surface area (Å²) >= 11 is 3.13. The summed E-state index contributed by atoms with van der Waals surface area (Å²) in [5.41, 5.74) is 1.62. The summed E-state index contributed by atoms with van der Waals surface area (Å²) in [5.74, 6) is 1.06. The van der Waals surface area contributed by atoms with Gasteiger partial charge in [0.1, 0.15) is 10.8 Å². The Bertz CT molecular complexity index is 814. The van der Waals surface area contributed by atoms with Gasteiger partial charge in [-0.15, -0.1) is 23.1 Å². The van der Waals surface area contributed by atoms with Crippen LogP contribution in [0.3, 0.4) is 0 Å². The molecule has 1 amide bonds. The van der Waals surface area contributed by atoms with Gasteiger partial charge in [-0.05, 0) is 56.0 Å². The smallest absolute Gasteiger partial charge is 0.341 e. The van der Waals surface area contributed by atoms with E-state index in [4.69, 9.17) is 9.47 Å². The zero-order chi connectivity index (χ0) is 19.2. The van der Waals surface area contributed by atoms with Crippen LogP contribution in [0.1, 0.15) is 40.6 Å². The predicted molar refractivity (Wildman–Crippen MR) is 109 cm³/mol. The van der Waals surface area contributed by atoms with Crippen molar-refractivity contribution in [1.29, 1.82) is 0 Å². The number of thioether (sulfide) groups is 1. The lowest BCUT2D eigenvalue weighted by molar-refractivity contribution is -0.115. The number of fused-ring (bicyclic) bond motifs is 1. The Morgan fingerprint density at radius 1 is 1.22 bits per heavy atom. The number of benzene rings is 1. The molecule has 0 atom stereocenters. The number of nitrogens with one attached hydrogen (secondary N) is 1. The van der Waals surface area contributed by atoms with Crippen LogP contribution in [0.15, 0.2) is 29.2 Å². The predicted octanol–water partition coefficient (Wildman–Crippen LogP) is 4.54. The molecule has 1 aliphatic rings. The topological polar surface area (TPSA) is 64.6 Å². The van der Waals surface area contributed by atoms with Crippen LogP contribution in [-0.2, 0) is 22.4 Å². The van der Waals surface area contributed by atoms with Gasteiger partial charge in [0.25, 0.3) is 0 Å². The normalized spacial score (nSPS) is 12.5. The number of carbonyl (C=O) groups is 2. The molecule has 2 aromatic rings. The lowest BCUT2D eigenvalue weighted by atomic mass is 10.1. The fourth-order valence-electron chi connectivity index (χ4n) is 3.03. The van der Waals surface area contributed by atoms with Crippen LogP contribution in [0, 0.1) is 0 Å². The van der Waals surface area contributed by atoms with Gasteiger partial charge in [-0.2, -0.15) is 0 Å². The third kappa shape index (κ3) is 4.84. The van der Waals surface area contributed by atoms with Crippen molar-refractivity contribution in [3.63, 3.8) is 0 Å². The van der Waals surface area contributed by atoms with Crippen molar-refractivity contribution in [2.24, 2.45) is 0 Å². The highest BCUT2D eigenvalue weighted by atomic mass is 32.2. The van der Waals surface area contributed by atoms with E-state index in [1.807, 2.05) is 24.3 Å². The number of carbonyl (C=O) groups excluding carboxylic acids is 2. The number of hydrogen-bond acceptors (Lipinski definition) is 6. The molecule has 0 aliphatic heterocycles. The van der Waals surface area contributed by atoms with Crippen molar-refractivity contribution >= 4 is 40.0 Å². The van der Waals surface area contributed by atoms with E-state index < -0.39 is 0 Å². The molecule has 27 heavy (non-hydrogen) atoms. The van der Waals surface area contributed by atoms with Gasteiger partial charge in [-0.25, -0.2) is 4.79 Å². The van der Waals surface area contributed by atoms with Crippen molar-refractivity contribution in [3.8, 4) is 5.75 Å². The van der Waals surface area contributed by atoms with Crippen LogP contribution in [0.4, 0.5) is 5.00 Å². The Labute approximate surface area is 167 Å². The van der Waals surface area contributed by atoms with Crippen molar-refractivity contribution in [2.45, 2.75) is 37.5 Å².